The minimum Gasteiger partial charge on any atom is -0.308 e. The second-order valence-corrected chi connectivity index (χ2v) is 19.7. The van der Waals surface area contributed by atoms with Crippen molar-refractivity contribution in [2.24, 2.45) is 0 Å². The molecule has 0 aliphatic rings. The van der Waals surface area contributed by atoms with Crippen LogP contribution in [-0.4, -0.2) is 0 Å². The highest BCUT2D eigenvalue weighted by atomic mass is 32.1. The molecular weight excluding hydrogens is 817 g/mol. The highest BCUT2D eigenvalue weighted by Gasteiger charge is 2.28. The van der Waals surface area contributed by atoms with E-state index < -0.39 is 0 Å². The lowest BCUT2D eigenvalue weighted by Gasteiger charge is -2.33. The third kappa shape index (κ3) is 5.85. The van der Waals surface area contributed by atoms with Crippen LogP contribution in [0.3, 0.4) is 0 Å². The van der Waals surface area contributed by atoms with Gasteiger partial charge in [0.2, 0.25) is 0 Å². The zero-order valence-corrected chi connectivity index (χ0v) is 37.0. The van der Waals surface area contributed by atoms with Crippen molar-refractivity contribution in [2.75, 3.05) is 9.80 Å². The predicted octanol–water partition coefficient (Wildman–Crippen LogP) is 17.3. The summed E-state index contributed by atoms with van der Waals surface area (Å²) in [7, 11) is 0. The molecule has 0 spiro atoms. The number of nitrogens with zero attached hydrogens (tertiary/aromatic N) is 4. The van der Waals surface area contributed by atoms with Gasteiger partial charge in [-0.15, -0.1) is 22.7 Å². The lowest BCUT2D eigenvalue weighted by Crippen LogP contribution is -2.15. The maximum atomic E-state index is 9.98. The molecule has 0 N–H and O–H groups in total. The molecule has 64 heavy (non-hydrogen) atoms. The maximum absolute atomic E-state index is 9.98. The molecule has 0 atom stereocenters. The average molecular weight is 855 g/mol. The molecule has 2 heterocycles. The quantitative estimate of drug-likeness (QED) is 0.156. The van der Waals surface area contributed by atoms with Gasteiger partial charge in [0, 0.05) is 58.5 Å². The monoisotopic (exact) mass is 854 g/mol. The largest absolute Gasteiger partial charge is 0.308 e. The zero-order chi connectivity index (χ0) is 43.3. The number of hydrogen-bond donors (Lipinski definition) is 0. The van der Waals surface area contributed by atoms with Crippen LogP contribution in [0.5, 0.6) is 0 Å². The van der Waals surface area contributed by atoms with E-state index in [0.717, 1.165) is 44.9 Å². The Bertz CT molecular complexity index is 3670. The standard InChI is InChI=1S/C58H38N4S2/c1-58(2,3)39-30-37-22-28-46-50(61(40-24-18-35(33-59)19-25-40)48-14-8-12-44-42-10-4-6-16-52(42)63-56(44)48)32-51(47-29-23-38(31-39)54(37)55(46)47)62(41-26-20-36(34-60)21-27-41)49-15-9-13-45-43-11-5-7-17-53(43)64-57(45)49/h4-32H,1-3H3. The van der Waals surface area contributed by atoms with Crippen LogP contribution in [0, 0.1) is 22.7 Å². The number of anilines is 6. The van der Waals surface area contributed by atoms with Crippen LogP contribution in [0.4, 0.5) is 34.1 Å². The summed E-state index contributed by atoms with van der Waals surface area (Å²) in [6.45, 7) is 6.85. The predicted molar refractivity (Wildman–Crippen MR) is 273 cm³/mol. The Balaban J connectivity index is 1.25. The summed E-state index contributed by atoms with van der Waals surface area (Å²) < 4.78 is 4.85. The molecule has 0 unspecified atom stereocenters. The summed E-state index contributed by atoms with van der Waals surface area (Å²) in [4.78, 5) is 4.82. The Labute approximate surface area is 378 Å². The summed E-state index contributed by atoms with van der Waals surface area (Å²) in [6, 6.07) is 67.6. The van der Waals surface area contributed by atoms with Crippen molar-refractivity contribution in [3.05, 3.63) is 193 Å². The first-order chi connectivity index (χ1) is 31.3. The maximum Gasteiger partial charge on any atom is 0.0991 e. The molecular formula is C58H38N4S2. The van der Waals surface area contributed by atoms with Crippen molar-refractivity contribution in [1.29, 1.82) is 10.5 Å². The van der Waals surface area contributed by atoms with E-state index in [1.807, 2.05) is 46.9 Å². The van der Waals surface area contributed by atoms with Gasteiger partial charge in [-0.1, -0.05) is 118 Å². The number of rotatable bonds is 6. The fourth-order valence-electron chi connectivity index (χ4n) is 9.68. The summed E-state index contributed by atoms with van der Waals surface area (Å²) in [5, 5.41) is 31.9. The molecule has 4 nitrogen and oxygen atoms in total. The Morgan fingerprint density at radius 3 is 1.28 bits per heavy atom. The van der Waals surface area contributed by atoms with Crippen LogP contribution in [0.25, 0.3) is 72.7 Å². The zero-order valence-electron chi connectivity index (χ0n) is 35.3. The van der Waals surface area contributed by atoms with Crippen LogP contribution in [-0.2, 0) is 5.41 Å². The first kappa shape index (κ1) is 38.0. The number of thiophene rings is 2. The molecule has 0 radical (unpaired) electrons. The van der Waals surface area contributed by atoms with Gasteiger partial charge < -0.3 is 9.80 Å². The number of fused-ring (bicyclic) bond motifs is 6. The second-order valence-electron chi connectivity index (χ2n) is 17.6. The van der Waals surface area contributed by atoms with Crippen LogP contribution in [0.2, 0.25) is 0 Å². The number of hydrogen-bond acceptors (Lipinski definition) is 6. The van der Waals surface area contributed by atoms with Gasteiger partial charge >= 0.3 is 0 Å². The fourth-order valence-corrected chi connectivity index (χ4v) is 12.1. The second kappa shape index (κ2) is 14.4. The highest BCUT2D eigenvalue weighted by Crippen LogP contribution is 2.54. The van der Waals surface area contributed by atoms with Gasteiger partial charge in [0.05, 0.1) is 55.4 Å². The lowest BCUT2D eigenvalue weighted by atomic mass is 9.83. The van der Waals surface area contributed by atoms with E-state index >= 15 is 0 Å². The van der Waals surface area contributed by atoms with Crippen molar-refractivity contribution in [3.63, 3.8) is 0 Å². The third-order valence-corrected chi connectivity index (χ3v) is 15.2. The molecule has 0 aliphatic carbocycles. The van der Waals surface area contributed by atoms with Gasteiger partial charge in [0.1, 0.15) is 0 Å². The Morgan fingerprint density at radius 2 is 0.844 bits per heavy atom. The van der Waals surface area contributed by atoms with E-state index in [1.54, 1.807) is 0 Å². The fraction of sp³-hybridized carbons (Fsp3) is 0.0690. The average Bonchev–Trinajstić information content (AvgIpc) is 3.91. The SMILES string of the molecule is CC(C)(C)c1cc2ccc3c(N(c4ccc(C#N)cc4)c4cccc5c4sc4ccccc45)cc(N(c4ccc(C#N)cc4)c4cccc5c4sc4ccccc45)c4ccc(c1)c2c34. The van der Waals surface area contributed by atoms with Crippen molar-refractivity contribution >= 4 is 129 Å². The van der Waals surface area contributed by atoms with E-state index in [2.05, 4.69) is 194 Å². The first-order valence-corrected chi connectivity index (χ1v) is 23.1. The van der Waals surface area contributed by atoms with E-state index in [9.17, 15) is 10.5 Å². The molecule has 0 fully saturated rings. The molecule has 0 amide bonds. The van der Waals surface area contributed by atoms with Gasteiger partial charge in [-0.25, -0.2) is 0 Å². The summed E-state index contributed by atoms with van der Waals surface area (Å²) in [5.74, 6) is 0. The van der Waals surface area contributed by atoms with E-state index in [-0.39, 0.29) is 5.41 Å². The Kier molecular flexibility index (Phi) is 8.55. The lowest BCUT2D eigenvalue weighted by molar-refractivity contribution is 0.591. The Morgan fingerprint density at radius 1 is 0.406 bits per heavy atom. The molecule has 0 aliphatic heterocycles. The number of nitriles is 2. The van der Waals surface area contributed by atoms with Gasteiger partial charge in [-0.3, -0.25) is 0 Å². The van der Waals surface area contributed by atoms with Gasteiger partial charge in [-0.05, 0) is 106 Å². The first-order valence-electron chi connectivity index (χ1n) is 21.4. The van der Waals surface area contributed by atoms with Gasteiger partial charge in [0.25, 0.3) is 0 Å². The summed E-state index contributed by atoms with van der Waals surface area (Å²) >= 11 is 3.63. The molecule has 10 aromatic carbocycles. The number of benzene rings is 10. The molecule has 2 aromatic heterocycles. The molecule has 0 bridgehead atoms. The van der Waals surface area contributed by atoms with Crippen molar-refractivity contribution in [3.8, 4) is 12.1 Å². The smallest absolute Gasteiger partial charge is 0.0991 e. The molecule has 0 saturated carbocycles. The topological polar surface area (TPSA) is 54.1 Å². The minimum absolute atomic E-state index is 0.0363. The molecule has 0 saturated heterocycles. The van der Waals surface area contributed by atoms with Crippen molar-refractivity contribution < 1.29 is 0 Å². The summed E-state index contributed by atoms with van der Waals surface area (Å²) in [6.07, 6.45) is 0. The van der Waals surface area contributed by atoms with E-state index in [1.165, 1.54) is 67.5 Å². The van der Waals surface area contributed by atoms with Gasteiger partial charge in [0.15, 0.2) is 0 Å². The van der Waals surface area contributed by atoms with E-state index in [0.29, 0.717) is 11.1 Å². The van der Waals surface area contributed by atoms with Crippen LogP contribution < -0.4 is 9.80 Å². The molecule has 12 aromatic rings. The molecule has 6 heteroatoms. The highest BCUT2D eigenvalue weighted by molar-refractivity contribution is 7.26. The minimum atomic E-state index is -0.0363. The van der Waals surface area contributed by atoms with Crippen LogP contribution >= 0.6 is 22.7 Å². The van der Waals surface area contributed by atoms with Crippen molar-refractivity contribution in [1.82, 2.24) is 0 Å². The van der Waals surface area contributed by atoms with Crippen molar-refractivity contribution in [2.45, 2.75) is 26.2 Å². The van der Waals surface area contributed by atoms with Crippen LogP contribution in [0.1, 0.15) is 37.5 Å². The Hall–Kier alpha value is -7.74. The molecule has 302 valence electrons. The normalized spacial score (nSPS) is 12.0. The van der Waals surface area contributed by atoms with Gasteiger partial charge in [-0.2, -0.15) is 10.5 Å². The third-order valence-electron chi connectivity index (χ3n) is 12.8. The van der Waals surface area contributed by atoms with E-state index in [4.69, 9.17) is 0 Å². The summed E-state index contributed by atoms with van der Waals surface area (Å²) in [5.41, 5.74) is 8.56. The van der Waals surface area contributed by atoms with Crippen LogP contribution in [0.15, 0.2) is 176 Å². The molecule has 12 rings (SSSR count).